The van der Waals surface area contributed by atoms with Crippen molar-refractivity contribution in [1.82, 2.24) is 14.9 Å². The molecule has 3 aromatic rings. The molecule has 2 aromatic carbocycles. The minimum absolute atomic E-state index is 0.0815. The van der Waals surface area contributed by atoms with Crippen molar-refractivity contribution < 1.29 is 30.9 Å². The Morgan fingerprint density at radius 3 is 2.28 bits per heavy atom. The fraction of sp³-hybridized carbons (Fsp3) is 0.0625. The first-order valence-electron chi connectivity index (χ1n) is 7.51. The third-order valence-corrected chi connectivity index (χ3v) is 5.53. The SMILES string of the molecule is O=C(NS(=O)(=O)c1ccc(Cl)cc1Cl)c1ccc(-c2noc(C(F)(F)F)n2)cc1. The lowest BCUT2D eigenvalue weighted by molar-refractivity contribution is -0.159. The number of carbonyl (C=O) groups is 1. The second kappa shape index (κ2) is 7.65. The molecule has 0 aliphatic heterocycles. The minimum Gasteiger partial charge on any atom is -0.329 e. The van der Waals surface area contributed by atoms with Crippen LogP contribution in [0, 0.1) is 0 Å². The first-order chi connectivity index (χ1) is 13.5. The maximum Gasteiger partial charge on any atom is 0.471 e. The molecule has 29 heavy (non-hydrogen) atoms. The summed E-state index contributed by atoms with van der Waals surface area (Å²) >= 11 is 11.6. The number of aromatic nitrogens is 2. The van der Waals surface area contributed by atoms with E-state index >= 15 is 0 Å². The van der Waals surface area contributed by atoms with Crippen molar-refractivity contribution in [2.45, 2.75) is 11.1 Å². The molecular formula is C16H8Cl2F3N3O4S. The molecule has 0 aliphatic rings. The van der Waals surface area contributed by atoms with Crippen LogP contribution in [0.15, 0.2) is 51.9 Å². The molecule has 0 bridgehead atoms. The van der Waals surface area contributed by atoms with Crippen molar-refractivity contribution in [3.63, 3.8) is 0 Å². The van der Waals surface area contributed by atoms with E-state index in [1.807, 2.05) is 4.72 Å². The summed E-state index contributed by atoms with van der Waals surface area (Å²) in [5.74, 6) is -2.84. The lowest BCUT2D eigenvalue weighted by atomic mass is 10.1. The predicted octanol–water partition coefficient (Wildman–Crippen LogP) is 4.18. The van der Waals surface area contributed by atoms with Crippen molar-refractivity contribution in [2.75, 3.05) is 0 Å². The lowest BCUT2D eigenvalue weighted by Crippen LogP contribution is -2.30. The van der Waals surface area contributed by atoms with Crippen LogP contribution in [0.5, 0.6) is 0 Å². The Hall–Kier alpha value is -2.63. The fourth-order valence-electron chi connectivity index (χ4n) is 2.16. The van der Waals surface area contributed by atoms with Gasteiger partial charge in [-0.2, -0.15) is 18.2 Å². The van der Waals surface area contributed by atoms with Gasteiger partial charge in [0, 0.05) is 16.1 Å². The molecule has 0 unspecified atom stereocenters. The smallest absolute Gasteiger partial charge is 0.329 e. The summed E-state index contributed by atoms with van der Waals surface area (Å²) in [6.07, 6.45) is -4.79. The highest BCUT2D eigenvalue weighted by Gasteiger charge is 2.38. The van der Waals surface area contributed by atoms with Gasteiger partial charge in [-0.15, -0.1) is 0 Å². The number of benzene rings is 2. The number of halogens is 5. The molecule has 152 valence electrons. The van der Waals surface area contributed by atoms with Crippen LogP contribution in [-0.2, 0) is 16.2 Å². The van der Waals surface area contributed by atoms with Crippen molar-refractivity contribution in [3.8, 4) is 11.4 Å². The average Bonchev–Trinajstić information content (AvgIpc) is 3.11. The van der Waals surface area contributed by atoms with Gasteiger partial charge in [0.15, 0.2) is 0 Å². The number of hydrogen-bond donors (Lipinski definition) is 1. The van der Waals surface area contributed by atoms with E-state index in [0.29, 0.717) is 0 Å². The second-order valence-corrected chi connectivity index (χ2v) is 8.00. The van der Waals surface area contributed by atoms with Gasteiger partial charge in [-0.25, -0.2) is 13.1 Å². The Kier molecular flexibility index (Phi) is 5.57. The minimum atomic E-state index is -4.79. The van der Waals surface area contributed by atoms with Crippen LogP contribution in [0.2, 0.25) is 10.0 Å². The number of rotatable bonds is 4. The van der Waals surface area contributed by atoms with Crippen LogP contribution >= 0.6 is 23.2 Å². The number of amides is 1. The van der Waals surface area contributed by atoms with E-state index in [1.54, 1.807) is 0 Å². The molecule has 0 aliphatic carbocycles. The second-order valence-electron chi connectivity index (χ2n) is 5.51. The van der Waals surface area contributed by atoms with E-state index in [2.05, 4.69) is 14.7 Å². The largest absolute Gasteiger partial charge is 0.471 e. The third-order valence-electron chi connectivity index (χ3n) is 3.48. The van der Waals surface area contributed by atoms with Crippen molar-refractivity contribution in [1.29, 1.82) is 0 Å². The molecule has 0 saturated heterocycles. The van der Waals surface area contributed by atoms with Crippen LogP contribution in [-0.4, -0.2) is 24.5 Å². The van der Waals surface area contributed by atoms with E-state index in [0.717, 1.165) is 6.07 Å². The summed E-state index contributed by atoms with van der Waals surface area (Å²) in [6.45, 7) is 0. The number of carbonyl (C=O) groups excluding carboxylic acids is 1. The topological polar surface area (TPSA) is 102 Å². The van der Waals surface area contributed by atoms with Crippen molar-refractivity contribution >= 4 is 39.1 Å². The van der Waals surface area contributed by atoms with E-state index in [1.165, 1.54) is 36.4 Å². The lowest BCUT2D eigenvalue weighted by Gasteiger charge is -2.09. The maximum absolute atomic E-state index is 12.5. The Balaban J connectivity index is 1.79. The quantitative estimate of drug-likeness (QED) is 0.619. The molecule has 0 spiro atoms. The Morgan fingerprint density at radius 1 is 1.07 bits per heavy atom. The van der Waals surface area contributed by atoms with Gasteiger partial charge in [0.1, 0.15) is 4.90 Å². The zero-order chi connectivity index (χ0) is 21.4. The van der Waals surface area contributed by atoms with Crippen LogP contribution in [0.25, 0.3) is 11.4 Å². The number of sulfonamides is 1. The third kappa shape index (κ3) is 4.69. The average molecular weight is 466 g/mol. The predicted molar refractivity (Wildman–Crippen MR) is 95.9 cm³/mol. The van der Waals surface area contributed by atoms with E-state index in [-0.39, 0.29) is 31.9 Å². The Morgan fingerprint density at radius 2 is 1.72 bits per heavy atom. The summed E-state index contributed by atoms with van der Waals surface area (Å²) in [4.78, 5) is 15.1. The zero-order valence-corrected chi connectivity index (χ0v) is 16.2. The van der Waals surface area contributed by atoms with Gasteiger partial charge in [0.25, 0.3) is 15.9 Å². The summed E-state index contributed by atoms with van der Waals surface area (Å²) in [7, 11) is -4.29. The molecule has 7 nitrogen and oxygen atoms in total. The number of nitrogens with zero attached hydrogens (tertiary/aromatic N) is 2. The molecule has 0 fully saturated rings. The van der Waals surface area contributed by atoms with Gasteiger partial charge in [0.2, 0.25) is 5.82 Å². The molecule has 0 radical (unpaired) electrons. The summed E-state index contributed by atoms with van der Waals surface area (Å²) < 4.78 is 68.2. The van der Waals surface area contributed by atoms with E-state index in [9.17, 15) is 26.4 Å². The van der Waals surface area contributed by atoms with Crippen LogP contribution in [0.4, 0.5) is 13.2 Å². The maximum atomic E-state index is 12.5. The molecule has 1 heterocycles. The molecule has 1 N–H and O–H groups in total. The van der Waals surface area contributed by atoms with Gasteiger partial charge in [-0.3, -0.25) is 4.79 Å². The van der Waals surface area contributed by atoms with Gasteiger partial charge >= 0.3 is 12.1 Å². The molecule has 1 aromatic heterocycles. The molecular weight excluding hydrogens is 458 g/mol. The summed E-state index contributed by atoms with van der Waals surface area (Å²) in [5, 5.41) is 3.25. The van der Waals surface area contributed by atoms with Crippen LogP contribution < -0.4 is 4.72 Å². The number of nitrogens with one attached hydrogen (secondary N) is 1. The van der Waals surface area contributed by atoms with Gasteiger partial charge in [0.05, 0.1) is 5.02 Å². The molecule has 3 rings (SSSR count). The zero-order valence-electron chi connectivity index (χ0n) is 13.9. The van der Waals surface area contributed by atoms with Crippen LogP contribution in [0.1, 0.15) is 16.2 Å². The van der Waals surface area contributed by atoms with Gasteiger partial charge in [-0.05, 0) is 30.3 Å². The van der Waals surface area contributed by atoms with E-state index in [4.69, 9.17) is 23.2 Å². The monoisotopic (exact) mass is 465 g/mol. The van der Waals surface area contributed by atoms with Crippen molar-refractivity contribution in [2.24, 2.45) is 0 Å². The molecule has 13 heteroatoms. The fourth-order valence-corrected chi connectivity index (χ4v) is 3.90. The van der Waals surface area contributed by atoms with E-state index < -0.39 is 28.0 Å². The van der Waals surface area contributed by atoms with Gasteiger partial charge < -0.3 is 4.52 Å². The highest BCUT2D eigenvalue weighted by Crippen LogP contribution is 2.29. The highest BCUT2D eigenvalue weighted by atomic mass is 35.5. The molecule has 0 atom stereocenters. The standard InChI is InChI=1S/C16H8Cl2F3N3O4S/c17-10-5-6-12(11(18)7-10)29(26,27)24-14(25)9-3-1-8(2-4-9)13-22-15(28-23-13)16(19,20)21/h1-7H,(H,24,25). The Labute approximate surface area is 171 Å². The summed E-state index contributed by atoms with van der Waals surface area (Å²) in [5.41, 5.74) is 0.0475. The van der Waals surface area contributed by atoms with Crippen LogP contribution in [0.3, 0.4) is 0 Å². The highest BCUT2D eigenvalue weighted by molar-refractivity contribution is 7.90. The first kappa shape index (κ1) is 21.1. The van der Waals surface area contributed by atoms with Gasteiger partial charge in [-0.1, -0.05) is 40.5 Å². The Bertz CT molecular complexity index is 1180. The van der Waals surface area contributed by atoms with Crippen molar-refractivity contribution in [3.05, 3.63) is 64.0 Å². The molecule has 1 amide bonds. The number of hydrogen-bond acceptors (Lipinski definition) is 6. The molecule has 0 saturated carbocycles. The first-order valence-corrected chi connectivity index (χ1v) is 9.75. The number of alkyl halides is 3. The summed E-state index contributed by atoms with van der Waals surface area (Å²) in [6, 6.07) is 8.49. The normalized spacial score (nSPS) is 12.0.